The van der Waals surface area contributed by atoms with Crippen molar-refractivity contribution in [1.29, 1.82) is 0 Å². The molecule has 0 aliphatic carbocycles. The molecule has 0 radical (unpaired) electrons. The van der Waals surface area contributed by atoms with Crippen LogP contribution in [0.2, 0.25) is 0 Å². The molecule has 15 rings (SSSR count). The van der Waals surface area contributed by atoms with Crippen LogP contribution in [0.5, 0.6) is 23.0 Å². The van der Waals surface area contributed by atoms with Gasteiger partial charge in [0.05, 0.1) is 22.7 Å². The maximum Gasteiger partial charge on any atom is 0.252 e. The summed E-state index contributed by atoms with van der Waals surface area (Å²) in [5, 5.41) is 0. The van der Waals surface area contributed by atoms with Crippen molar-refractivity contribution in [3.8, 4) is 23.0 Å². The second-order valence-corrected chi connectivity index (χ2v) is 17.3. The lowest BCUT2D eigenvalue weighted by Crippen LogP contribution is -2.73. The first kappa shape index (κ1) is 29.5. The van der Waals surface area contributed by atoms with Gasteiger partial charge in [-0.1, -0.05) is 64.5 Å². The summed E-state index contributed by atoms with van der Waals surface area (Å²) in [7, 11) is 0. The Labute approximate surface area is 328 Å². The van der Waals surface area contributed by atoms with Crippen molar-refractivity contribution >= 4 is 115 Å². The standard InChI is InChI=1S/C48H27B3N2O4/c1-20-5-9-28-26(13-20)47(54)24-7-11-34-45-38(24)49(28)32-19-33-44-40-43(32)52(45)41-30(15-22(3)17-36(41)56-34)51(40)31-16-23(4)18-37-42(31)53(44)46-35(57-37)12-8-25-39(46)50(33)29-10-6-21(2)14-27(29)48(25)55/h5-19H,1-4H3. The Morgan fingerprint density at radius 2 is 0.807 bits per heavy atom. The van der Waals surface area contributed by atoms with E-state index in [0.29, 0.717) is 0 Å². The van der Waals surface area contributed by atoms with Gasteiger partial charge in [-0.25, -0.2) is 0 Å². The largest absolute Gasteiger partial charge is 0.453 e. The Bertz CT molecular complexity index is 3120. The zero-order chi connectivity index (χ0) is 37.7. The number of rotatable bonds is 0. The quantitative estimate of drug-likeness (QED) is 0.221. The fraction of sp³-hybridized carbons (Fsp3) is 0.0833. The molecule has 0 bridgehead atoms. The van der Waals surface area contributed by atoms with E-state index in [1.165, 1.54) is 38.7 Å². The van der Waals surface area contributed by atoms with Gasteiger partial charge in [-0.15, -0.1) is 0 Å². The van der Waals surface area contributed by atoms with Crippen molar-refractivity contribution in [1.82, 2.24) is 0 Å². The predicted molar refractivity (Wildman–Crippen MR) is 229 cm³/mol. The van der Waals surface area contributed by atoms with Gasteiger partial charge < -0.3 is 19.3 Å². The minimum absolute atomic E-state index is 0.0572. The van der Waals surface area contributed by atoms with Crippen LogP contribution < -0.4 is 68.4 Å². The van der Waals surface area contributed by atoms with Crippen LogP contribution in [0, 0.1) is 27.7 Å². The van der Waals surface area contributed by atoms with Crippen LogP contribution in [0.25, 0.3) is 0 Å². The van der Waals surface area contributed by atoms with E-state index in [1.54, 1.807) is 0 Å². The van der Waals surface area contributed by atoms with Crippen LogP contribution >= 0.6 is 0 Å². The molecule has 0 atom stereocenters. The average molecular weight is 728 g/mol. The van der Waals surface area contributed by atoms with Crippen molar-refractivity contribution in [3.63, 3.8) is 0 Å². The lowest BCUT2D eigenvalue weighted by Gasteiger charge is -2.54. The maximum atomic E-state index is 14.6. The zero-order valence-corrected chi connectivity index (χ0v) is 31.4. The molecule has 0 unspecified atom stereocenters. The molecule has 0 saturated carbocycles. The number of hydrogen-bond donors (Lipinski definition) is 0. The minimum atomic E-state index is -0.206. The molecule has 9 heteroatoms. The number of carbonyl (C=O) groups excluding carboxylic acids is 2. The van der Waals surface area contributed by atoms with Crippen LogP contribution in [0.15, 0.2) is 91.0 Å². The summed E-state index contributed by atoms with van der Waals surface area (Å²) in [6.07, 6.45) is 0. The first-order valence-electron chi connectivity index (χ1n) is 19.8. The smallest absolute Gasteiger partial charge is 0.252 e. The second kappa shape index (κ2) is 9.11. The van der Waals surface area contributed by atoms with Gasteiger partial charge in [-0.05, 0) is 126 Å². The van der Waals surface area contributed by atoms with E-state index >= 15 is 0 Å². The highest BCUT2D eigenvalue weighted by molar-refractivity contribution is 7.07. The predicted octanol–water partition coefficient (Wildman–Crippen LogP) is 3.96. The minimum Gasteiger partial charge on any atom is -0.453 e. The second-order valence-electron chi connectivity index (χ2n) is 17.3. The van der Waals surface area contributed by atoms with Gasteiger partial charge >= 0.3 is 0 Å². The van der Waals surface area contributed by atoms with Gasteiger partial charge in [-0.3, -0.25) is 9.59 Å². The normalized spacial score (nSPS) is 15.9. The number of aryl methyl sites for hydroxylation is 4. The fourth-order valence-corrected chi connectivity index (χ4v) is 12.2. The van der Waals surface area contributed by atoms with Crippen molar-refractivity contribution in [2.75, 3.05) is 9.80 Å². The zero-order valence-electron chi connectivity index (χ0n) is 31.4. The molecule has 8 heterocycles. The SMILES string of the molecule is Cc1cc2c3c(c1)B1c4cc(C)cc5c4N4c6c(ccc7c6B(c6ccc(C)cc6C7=O)c6cc7c(c1c64)N3c1c(ccc3c1B7c1ccc(C)cc1C3=O)O2)O5. The molecule has 8 aliphatic heterocycles. The highest BCUT2D eigenvalue weighted by Crippen LogP contribution is 2.57. The molecule has 7 aromatic carbocycles. The van der Waals surface area contributed by atoms with Crippen LogP contribution in [0.4, 0.5) is 34.1 Å². The van der Waals surface area contributed by atoms with Crippen LogP contribution in [-0.2, 0) is 0 Å². The summed E-state index contributed by atoms with van der Waals surface area (Å²) in [5.74, 6) is 3.32. The molecule has 262 valence electrons. The monoisotopic (exact) mass is 728 g/mol. The molecule has 8 aliphatic rings. The topological polar surface area (TPSA) is 59.1 Å². The van der Waals surface area contributed by atoms with Crippen molar-refractivity contribution in [3.05, 3.63) is 136 Å². The summed E-state index contributed by atoms with van der Waals surface area (Å²) < 4.78 is 13.9. The number of anilines is 6. The summed E-state index contributed by atoms with van der Waals surface area (Å²) in [6, 6.07) is 32.2. The molecular formula is C48H27B3N2O4. The third kappa shape index (κ3) is 3.07. The number of hydrogen-bond acceptors (Lipinski definition) is 6. The highest BCUT2D eigenvalue weighted by atomic mass is 16.5. The number of ether oxygens (including phenoxy) is 2. The molecule has 0 aromatic heterocycles. The van der Waals surface area contributed by atoms with E-state index in [9.17, 15) is 9.59 Å². The van der Waals surface area contributed by atoms with Gasteiger partial charge in [0, 0.05) is 33.6 Å². The summed E-state index contributed by atoms with van der Waals surface area (Å²) >= 11 is 0. The van der Waals surface area contributed by atoms with Crippen LogP contribution in [0.3, 0.4) is 0 Å². The van der Waals surface area contributed by atoms with E-state index < -0.39 is 0 Å². The summed E-state index contributed by atoms with van der Waals surface area (Å²) in [5.41, 5.74) is 23.8. The van der Waals surface area contributed by atoms with Gasteiger partial charge in [0.15, 0.2) is 34.6 Å². The molecule has 0 fully saturated rings. The molecule has 0 N–H and O–H groups in total. The van der Waals surface area contributed by atoms with E-state index in [1.807, 2.05) is 24.3 Å². The summed E-state index contributed by atoms with van der Waals surface area (Å²) in [4.78, 5) is 34.1. The van der Waals surface area contributed by atoms with E-state index in [4.69, 9.17) is 9.47 Å². The lowest BCUT2D eigenvalue weighted by atomic mass is 9.25. The molecule has 0 spiro atoms. The third-order valence-electron chi connectivity index (χ3n) is 14.1. The third-order valence-corrected chi connectivity index (χ3v) is 14.1. The fourth-order valence-electron chi connectivity index (χ4n) is 12.2. The van der Waals surface area contributed by atoms with E-state index in [-0.39, 0.29) is 31.7 Å². The van der Waals surface area contributed by atoms with Gasteiger partial charge in [0.25, 0.3) is 6.71 Å². The van der Waals surface area contributed by atoms with Crippen molar-refractivity contribution in [2.45, 2.75) is 27.7 Å². The van der Waals surface area contributed by atoms with E-state index in [2.05, 4.69) is 104 Å². The molecule has 0 amide bonds. The molecule has 0 saturated heterocycles. The molecule has 7 aromatic rings. The Morgan fingerprint density at radius 1 is 0.368 bits per heavy atom. The number of nitrogens with zero attached hydrogens (tertiary/aromatic N) is 2. The Morgan fingerprint density at radius 3 is 1.28 bits per heavy atom. The van der Waals surface area contributed by atoms with Crippen molar-refractivity contribution < 1.29 is 19.1 Å². The number of ketones is 2. The molecular weight excluding hydrogens is 701 g/mol. The molecule has 6 nitrogen and oxygen atoms in total. The number of fused-ring (bicyclic) bond motifs is 8. The molecule has 57 heavy (non-hydrogen) atoms. The summed E-state index contributed by atoms with van der Waals surface area (Å²) in [6.45, 7) is 7.89. The number of carbonyl (C=O) groups is 2. The van der Waals surface area contributed by atoms with Gasteiger partial charge in [-0.2, -0.15) is 0 Å². The van der Waals surface area contributed by atoms with Crippen LogP contribution in [-0.4, -0.2) is 31.7 Å². The Hall–Kier alpha value is -6.73. The highest BCUT2D eigenvalue weighted by Gasteiger charge is 2.58. The number of benzene rings is 7. The van der Waals surface area contributed by atoms with Gasteiger partial charge in [0.2, 0.25) is 13.4 Å². The van der Waals surface area contributed by atoms with Crippen molar-refractivity contribution in [2.24, 2.45) is 0 Å². The first-order chi connectivity index (χ1) is 27.7. The van der Waals surface area contributed by atoms with E-state index in [0.717, 1.165) is 112 Å². The van der Waals surface area contributed by atoms with Crippen LogP contribution in [0.1, 0.15) is 54.1 Å². The van der Waals surface area contributed by atoms with Gasteiger partial charge in [0.1, 0.15) is 0 Å². The first-order valence-corrected chi connectivity index (χ1v) is 19.8. The average Bonchev–Trinajstić information content (AvgIpc) is 3.19. The Balaban J connectivity index is 1.18. The Kier molecular flexibility index (Phi) is 4.72. The maximum absolute atomic E-state index is 14.6. The lowest BCUT2D eigenvalue weighted by molar-refractivity contribution is 0.103.